The molecule has 1 aromatic rings. The van der Waals surface area contributed by atoms with Crippen LogP contribution in [0.25, 0.3) is 0 Å². The predicted octanol–water partition coefficient (Wildman–Crippen LogP) is 2.27. The fourth-order valence-electron chi connectivity index (χ4n) is 2.11. The first-order chi connectivity index (χ1) is 9.47. The molecule has 0 spiro atoms. The number of nitrogens with zero attached hydrogens (tertiary/aromatic N) is 1. The van der Waals surface area contributed by atoms with E-state index in [9.17, 15) is 9.59 Å². The molecule has 1 unspecified atom stereocenters. The van der Waals surface area contributed by atoms with Crippen molar-refractivity contribution in [3.63, 3.8) is 0 Å². The minimum Gasteiger partial charge on any atom is -0.481 e. The number of amides is 1. The molecular weight excluding hydrogens is 274 g/mol. The summed E-state index contributed by atoms with van der Waals surface area (Å²) in [7, 11) is 0. The molecule has 0 bridgehead atoms. The molecule has 1 N–H and O–H groups in total. The number of aliphatic carboxylic acids is 1. The minimum absolute atomic E-state index is 0.0874. The number of likely N-dealkylation sites (tertiary alicyclic amines) is 1. The molecular formula is C15H19NO3S. The van der Waals surface area contributed by atoms with Crippen LogP contribution < -0.4 is 0 Å². The Labute approximate surface area is 123 Å². The third kappa shape index (κ3) is 3.54. The van der Waals surface area contributed by atoms with Crippen molar-refractivity contribution < 1.29 is 14.7 Å². The molecule has 5 heteroatoms. The highest BCUT2D eigenvalue weighted by Gasteiger charge is 2.36. The topological polar surface area (TPSA) is 57.6 Å². The summed E-state index contributed by atoms with van der Waals surface area (Å²) in [5.41, 5.74) is 1.20. The van der Waals surface area contributed by atoms with Gasteiger partial charge < -0.3 is 10.0 Å². The van der Waals surface area contributed by atoms with Gasteiger partial charge in [-0.05, 0) is 19.1 Å². The number of hydrogen-bond acceptors (Lipinski definition) is 3. The van der Waals surface area contributed by atoms with Crippen molar-refractivity contribution in [3.8, 4) is 0 Å². The number of benzene rings is 1. The Balaban J connectivity index is 1.75. The van der Waals surface area contributed by atoms with Crippen LogP contribution in [0.4, 0.5) is 0 Å². The summed E-state index contributed by atoms with van der Waals surface area (Å²) in [6, 6.07) is 8.08. The summed E-state index contributed by atoms with van der Waals surface area (Å²) in [5, 5.41) is 8.91. The molecule has 1 saturated heterocycles. The van der Waals surface area contributed by atoms with E-state index in [0.29, 0.717) is 18.8 Å². The molecule has 20 heavy (non-hydrogen) atoms. The highest BCUT2D eigenvalue weighted by Crippen LogP contribution is 2.26. The van der Waals surface area contributed by atoms with Crippen molar-refractivity contribution in [1.82, 2.24) is 4.90 Å². The number of thioether (sulfide) groups is 1. The van der Waals surface area contributed by atoms with Gasteiger partial charge in [-0.25, -0.2) is 0 Å². The lowest BCUT2D eigenvalue weighted by atomic mass is 9.87. The Kier molecular flexibility index (Phi) is 4.70. The number of carboxylic acids is 1. The van der Waals surface area contributed by atoms with Gasteiger partial charge in [0.05, 0.1) is 11.7 Å². The zero-order chi connectivity index (χ0) is 14.7. The molecule has 2 rings (SSSR count). The highest BCUT2D eigenvalue weighted by molar-refractivity contribution is 8.00. The molecule has 0 aromatic heterocycles. The molecule has 1 fully saturated rings. The molecule has 1 heterocycles. The van der Waals surface area contributed by atoms with Crippen LogP contribution in [0.5, 0.6) is 0 Å². The molecule has 1 aliphatic rings. The summed E-state index contributed by atoms with van der Waals surface area (Å²) in [6.07, 6.45) is 0. The van der Waals surface area contributed by atoms with Crippen molar-refractivity contribution in [3.05, 3.63) is 29.8 Å². The van der Waals surface area contributed by atoms with Crippen LogP contribution in [0.1, 0.15) is 12.5 Å². The van der Waals surface area contributed by atoms with Gasteiger partial charge in [-0.15, -0.1) is 11.8 Å². The summed E-state index contributed by atoms with van der Waals surface area (Å²) in [4.78, 5) is 25.6. The fraction of sp³-hybridized carbons (Fsp3) is 0.467. The predicted molar refractivity (Wildman–Crippen MR) is 78.8 cm³/mol. The van der Waals surface area contributed by atoms with Crippen LogP contribution >= 0.6 is 11.8 Å². The molecule has 4 nitrogen and oxygen atoms in total. The number of carbonyl (C=O) groups is 2. The highest BCUT2D eigenvalue weighted by atomic mass is 32.2. The second-order valence-corrected chi connectivity index (χ2v) is 6.34. The monoisotopic (exact) mass is 293 g/mol. The number of aryl methyl sites for hydroxylation is 1. The third-order valence-electron chi connectivity index (χ3n) is 3.74. The van der Waals surface area contributed by atoms with Crippen LogP contribution in [0.15, 0.2) is 29.2 Å². The van der Waals surface area contributed by atoms with Crippen LogP contribution in [0, 0.1) is 18.8 Å². The van der Waals surface area contributed by atoms with E-state index in [0.717, 1.165) is 4.90 Å². The average molecular weight is 293 g/mol. The van der Waals surface area contributed by atoms with Gasteiger partial charge in [0, 0.05) is 23.9 Å². The van der Waals surface area contributed by atoms with E-state index < -0.39 is 5.97 Å². The maximum atomic E-state index is 12.0. The number of hydrogen-bond donors (Lipinski definition) is 1. The first kappa shape index (κ1) is 14.9. The molecule has 0 aliphatic carbocycles. The second-order valence-electron chi connectivity index (χ2n) is 5.29. The summed E-state index contributed by atoms with van der Waals surface area (Å²) < 4.78 is 0. The van der Waals surface area contributed by atoms with Crippen molar-refractivity contribution in [1.29, 1.82) is 0 Å². The van der Waals surface area contributed by atoms with Gasteiger partial charge in [-0.2, -0.15) is 0 Å². The van der Waals surface area contributed by atoms with Gasteiger partial charge in [0.2, 0.25) is 5.91 Å². The lowest BCUT2D eigenvalue weighted by molar-refractivity contribution is -0.149. The first-order valence-electron chi connectivity index (χ1n) is 6.67. The van der Waals surface area contributed by atoms with E-state index in [-0.39, 0.29) is 17.7 Å². The molecule has 1 aliphatic heterocycles. The van der Waals surface area contributed by atoms with Gasteiger partial charge >= 0.3 is 5.97 Å². The van der Waals surface area contributed by atoms with Crippen LogP contribution in [0.2, 0.25) is 0 Å². The van der Waals surface area contributed by atoms with Crippen molar-refractivity contribution in [2.45, 2.75) is 18.7 Å². The third-order valence-corrected chi connectivity index (χ3v) is 4.74. The quantitative estimate of drug-likeness (QED) is 0.846. The average Bonchev–Trinajstić information content (AvgIpc) is 2.36. The maximum absolute atomic E-state index is 12.0. The Morgan fingerprint density at radius 3 is 2.50 bits per heavy atom. The Bertz CT molecular complexity index is 494. The zero-order valence-electron chi connectivity index (χ0n) is 11.7. The van der Waals surface area contributed by atoms with E-state index in [1.54, 1.807) is 11.8 Å². The van der Waals surface area contributed by atoms with Gasteiger partial charge in [-0.1, -0.05) is 24.6 Å². The standard InChI is InChI=1S/C15H19NO3S/c1-10-3-5-13(6-4-10)20-9-14(17)16-7-12(8-16)11(2)15(18)19/h3-6,11-12H,7-9H2,1-2H3,(H,18,19). The van der Waals surface area contributed by atoms with E-state index in [1.165, 1.54) is 17.3 Å². The normalized spacial score (nSPS) is 16.6. The van der Waals surface area contributed by atoms with Crippen LogP contribution in [-0.2, 0) is 9.59 Å². The summed E-state index contributed by atoms with van der Waals surface area (Å²) >= 11 is 1.52. The second kappa shape index (κ2) is 6.31. The smallest absolute Gasteiger partial charge is 0.306 e. The summed E-state index contributed by atoms with van der Waals surface area (Å²) in [5.74, 6) is -0.554. The largest absolute Gasteiger partial charge is 0.481 e. The minimum atomic E-state index is -0.781. The molecule has 0 radical (unpaired) electrons. The first-order valence-corrected chi connectivity index (χ1v) is 7.66. The van der Waals surface area contributed by atoms with E-state index in [1.807, 2.05) is 31.2 Å². The van der Waals surface area contributed by atoms with E-state index in [4.69, 9.17) is 5.11 Å². The van der Waals surface area contributed by atoms with E-state index >= 15 is 0 Å². The van der Waals surface area contributed by atoms with Gasteiger partial charge in [0.15, 0.2) is 0 Å². The zero-order valence-corrected chi connectivity index (χ0v) is 12.5. The SMILES string of the molecule is Cc1ccc(SCC(=O)N2CC(C(C)C(=O)O)C2)cc1. The van der Waals surface area contributed by atoms with Gasteiger partial charge in [0.25, 0.3) is 0 Å². The van der Waals surface area contributed by atoms with Crippen LogP contribution in [0.3, 0.4) is 0 Å². The number of carbonyl (C=O) groups excluding carboxylic acids is 1. The molecule has 1 aromatic carbocycles. The van der Waals surface area contributed by atoms with E-state index in [2.05, 4.69) is 0 Å². The molecule has 1 amide bonds. The Morgan fingerprint density at radius 1 is 1.35 bits per heavy atom. The van der Waals surface area contributed by atoms with Crippen LogP contribution in [-0.4, -0.2) is 40.7 Å². The fourth-order valence-corrected chi connectivity index (χ4v) is 2.91. The van der Waals surface area contributed by atoms with Gasteiger partial charge in [0.1, 0.15) is 0 Å². The van der Waals surface area contributed by atoms with Crippen molar-refractivity contribution >= 4 is 23.6 Å². The lowest BCUT2D eigenvalue weighted by Gasteiger charge is -2.41. The molecule has 0 saturated carbocycles. The Hall–Kier alpha value is -1.49. The maximum Gasteiger partial charge on any atom is 0.306 e. The van der Waals surface area contributed by atoms with Gasteiger partial charge in [-0.3, -0.25) is 9.59 Å². The number of rotatable bonds is 5. The molecule has 1 atom stereocenters. The van der Waals surface area contributed by atoms with Crippen molar-refractivity contribution in [2.24, 2.45) is 11.8 Å². The lowest BCUT2D eigenvalue weighted by Crippen LogP contribution is -2.54. The Morgan fingerprint density at radius 2 is 1.95 bits per heavy atom. The number of carboxylic acid groups (broad SMARTS) is 1. The summed E-state index contributed by atoms with van der Waals surface area (Å²) in [6.45, 7) is 4.88. The molecule has 108 valence electrons. The van der Waals surface area contributed by atoms with Crippen molar-refractivity contribution in [2.75, 3.05) is 18.8 Å².